The van der Waals surface area contributed by atoms with Crippen molar-refractivity contribution >= 4 is 5.91 Å². The van der Waals surface area contributed by atoms with Crippen LogP contribution < -0.4 is 10.1 Å². The van der Waals surface area contributed by atoms with Crippen molar-refractivity contribution in [3.63, 3.8) is 0 Å². The van der Waals surface area contributed by atoms with Crippen molar-refractivity contribution in [2.24, 2.45) is 0 Å². The van der Waals surface area contributed by atoms with Crippen LogP contribution in [0.15, 0.2) is 48.7 Å². The molecule has 1 fully saturated rings. The SMILES string of the molecule is N#Cc1ccc(OC2CCC(NC(=O)C(O)c3ccccc3)CC2)nc1. The lowest BCUT2D eigenvalue weighted by Crippen LogP contribution is -2.41. The third-order valence-electron chi connectivity index (χ3n) is 4.54. The maximum atomic E-state index is 12.2. The second kappa shape index (κ2) is 8.45. The number of aromatic nitrogens is 1. The molecule has 3 rings (SSSR count). The molecule has 1 unspecified atom stereocenters. The van der Waals surface area contributed by atoms with Crippen molar-refractivity contribution in [1.29, 1.82) is 5.26 Å². The van der Waals surface area contributed by atoms with Gasteiger partial charge in [-0.1, -0.05) is 30.3 Å². The van der Waals surface area contributed by atoms with Gasteiger partial charge in [0.15, 0.2) is 6.10 Å². The number of hydrogen-bond acceptors (Lipinski definition) is 5. The van der Waals surface area contributed by atoms with Crippen LogP contribution in [0, 0.1) is 11.3 Å². The highest BCUT2D eigenvalue weighted by molar-refractivity contribution is 5.82. The van der Waals surface area contributed by atoms with Crippen LogP contribution in [0.4, 0.5) is 0 Å². The highest BCUT2D eigenvalue weighted by Crippen LogP contribution is 2.24. The summed E-state index contributed by atoms with van der Waals surface area (Å²) in [4.78, 5) is 16.3. The lowest BCUT2D eigenvalue weighted by molar-refractivity contribution is -0.130. The molecule has 0 spiro atoms. The Balaban J connectivity index is 1.46. The minimum atomic E-state index is -1.15. The lowest BCUT2D eigenvalue weighted by atomic mass is 9.92. The van der Waals surface area contributed by atoms with Gasteiger partial charge in [0.25, 0.3) is 5.91 Å². The predicted molar refractivity (Wildman–Crippen MR) is 95.2 cm³/mol. The molecule has 1 aromatic heterocycles. The molecule has 1 aliphatic rings. The predicted octanol–water partition coefficient (Wildman–Crippen LogP) is 2.49. The number of pyridine rings is 1. The second-order valence-corrected chi connectivity index (χ2v) is 6.41. The van der Waals surface area contributed by atoms with Crippen LogP contribution in [0.5, 0.6) is 5.88 Å². The van der Waals surface area contributed by atoms with E-state index in [-0.39, 0.29) is 18.1 Å². The Labute approximate surface area is 152 Å². The Kier molecular flexibility index (Phi) is 5.82. The monoisotopic (exact) mass is 351 g/mol. The van der Waals surface area contributed by atoms with E-state index in [2.05, 4.69) is 10.3 Å². The number of carbonyl (C=O) groups excluding carboxylic acids is 1. The van der Waals surface area contributed by atoms with E-state index in [4.69, 9.17) is 10.00 Å². The summed E-state index contributed by atoms with van der Waals surface area (Å²) in [6.45, 7) is 0. The van der Waals surface area contributed by atoms with Crippen LogP contribution in [-0.2, 0) is 4.79 Å². The quantitative estimate of drug-likeness (QED) is 0.863. The second-order valence-electron chi connectivity index (χ2n) is 6.41. The zero-order valence-corrected chi connectivity index (χ0v) is 14.3. The van der Waals surface area contributed by atoms with Gasteiger partial charge < -0.3 is 15.2 Å². The van der Waals surface area contributed by atoms with Crippen molar-refractivity contribution in [1.82, 2.24) is 10.3 Å². The molecule has 0 bridgehead atoms. The van der Waals surface area contributed by atoms with Crippen LogP contribution in [0.25, 0.3) is 0 Å². The van der Waals surface area contributed by atoms with Gasteiger partial charge in [-0.15, -0.1) is 0 Å². The molecular weight excluding hydrogens is 330 g/mol. The first kappa shape index (κ1) is 17.9. The summed E-state index contributed by atoms with van der Waals surface area (Å²) in [5.41, 5.74) is 1.09. The van der Waals surface area contributed by atoms with Gasteiger partial charge in [0.1, 0.15) is 12.2 Å². The molecule has 0 saturated heterocycles. The molecule has 6 heteroatoms. The number of nitrogens with one attached hydrogen (secondary N) is 1. The number of rotatable bonds is 5. The zero-order valence-electron chi connectivity index (χ0n) is 14.3. The first-order valence-corrected chi connectivity index (χ1v) is 8.72. The van der Waals surface area contributed by atoms with E-state index in [1.165, 1.54) is 6.20 Å². The summed E-state index contributed by atoms with van der Waals surface area (Å²) in [5.74, 6) is 0.144. The molecule has 0 aliphatic heterocycles. The van der Waals surface area contributed by atoms with E-state index in [0.29, 0.717) is 17.0 Å². The number of nitriles is 1. The van der Waals surface area contributed by atoms with Gasteiger partial charge in [0, 0.05) is 18.3 Å². The summed E-state index contributed by atoms with van der Waals surface area (Å²) < 4.78 is 5.84. The van der Waals surface area contributed by atoms with E-state index in [1.807, 2.05) is 12.1 Å². The van der Waals surface area contributed by atoms with Gasteiger partial charge >= 0.3 is 0 Å². The largest absolute Gasteiger partial charge is 0.474 e. The fourth-order valence-electron chi connectivity index (χ4n) is 3.08. The van der Waals surface area contributed by atoms with Crippen LogP contribution >= 0.6 is 0 Å². The Morgan fingerprint density at radius 1 is 1.19 bits per heavy atom. The minimum absolute atomic E-state index is 0.0367. The van der Waals surface area contributed by atoms with Gasteiger partial charge in [0.2, 0.25) is 5.88 Å². The Morgan fingerprint density at radius 2 is 1.92 bits per heavy atom. The molecule has 26 heavy (non-hydrogen) atoms. The summed E-state index contributed by atoms with van der Waals surface area (Å²) in [6.07, 6.45) is 3.56. The van der Waals surface area contributed by atoms with E-state index >= 15 is 0 Å². The van der Waals surface area contributed by atoms with E-state index in [9.17, 15) is 9.90 Å². The molecule has 2 aromatic rings. The number of carbonyl (C=O) groups is 1. The molecule has 1 aromatic carbocycles. The summed E-state index contributed by atoms with van der Waals surface area (Å²) in [7, 11) is 0. The lowest BCUT2D eigenvalue weighted by Gasteiger charge is -2.29. The van der Waals surface area contributed by atoms with Gasteiger partial charge in [-0.3, -0.25) is 4.79 Å². The number of hydrogen-bond donors (Lipinski definition) is 2. The first-order valence-electron chi connectivity index (χ1n) is 8.72. The Morgan fingerprint density at radius 3 is 2.54 bits per heavy atom. The molecular formula is C20H21N3O3. The number of amides is 1. The highest BCUT2D eigenvalue weighted by Gasteiger charge is 2.26. The van der Waals surface area contributed by atoms with Gasteiger partial charge in [-0.2, -0.15) is 5.26 Å². The fourth-order valence-corrected chi connectivity index (χ4v) is 3.08. The first-order chi connectivity index (χ1) is 12.7. The number of ether oxygens (including phenoxy) is 1. The fraction of sp³-hybridized carbons (Fsp3) is 0.350. The molecule has 1 saturated carbocycles. The molecule has 0 radical (unpaired) electrons. The van der Waals surface area contributed by atoms with Crippen LogP contribution in [0.3, 0.4) is 0 Å². The maximum Gasteiger partial charge on any atom is 0.253 e. The molecule has 1 amide bonds. The average molecular weight is 351 g/mol. The normalized spacial score (nSPS) is 20.6. The van der Waals surface area contributed by atoms with Crippen LogP contribution in [0.2, 0.25) is 0 Å². The van der Waals surface area contributed by atoms with E-state index in [0.717, 1.165) is 25.7 Å². The van der Waals surface area contributed by atoms with Crippen molar-refractivity contribution in [2.75, 3.05) is 0 Å². The van der Waals surface area contributed by atoms with Gasteiger partial charge in [-0.25, -0.2) is 4.98 Å². The number of nitrogens with zero attached hydrogens (tertiary/aromatic N) is 2. The number of aliphatic hydroxyl groups is 1. The van der Waals surface area contributed by atoms with Gasteiger partial charge in [-0.05, 0) is 37.3 Å². The van der Waals surface area contributed by atoms with Gasteiger partial charge in [0.05, 0.1) is 5.56 Å². The Bertz CT molecular complexity index is 763. The summed E-state index contributed by atoms with van der Waals surface area (Å²) in [5, 5.41) is 21.8. The third kappa shape index (κ3) is 4.58. The van der Waals surface area contributed by atoms with E-state index in [1.54, 1.807) is 36.4 Å². The standard InChI is InChI=1S/C20H21N3O3/c21-12-14-6-11-18(22-13-14)26-17-9-7-16(8-10-17)23-20(25)19(24)15-4-2-1-3-5-15/h1-6,11,13,16-17,19,24H,7-10H2,(H,23,25). The Hall–Kier alpha value is -2.91. The molecule has 6 nitrogen and oxygen atoms in total. The van der Waals surface area contributed by atoms with Crippen molar-refractivity contribution < 1.29 is 14.6 Å². The summed E-state index contributed by atoms with van der Waals surface area (Å²) >= 11 is 0. The zero-order chi connectivity index (χ0) is 18.4. The molecule has 1 aliphatic carbocycles. The number of benzene rings is 1. The topological polar surface area (TPSA) is 95.2 Å². The summed E-state index contributed by atoms with van der Waals surface area (Å²) in [6, 6.07) is 14.3. The molecule has 2 N–H and O–H groups in total. The van der Waals surface area contributed by atoms with Crippen LogP contribution in [-0.4, -0.2) is 28.1 Å². The number of aliphatic hydroxyl groups excluding tert-OH is 1. The van der Waals surface area contributed by atoms with Crippen LogP contribution in [0.1, 0.15) is 42.9 Å². The van der Waals surface area contributed by atoms with Crippen molar-refractivity contribution in [3.05, 3.63) is 59.8 Å². The molecule has 1 heterocycles. The maximum absolute atomic E-state index is 12.2. The average Bonchev–Trinajstić information content (AvgIpc) is 2.70. The smallest absolute Gasteiger partial charge is 0.253 e. The van der Waals surface area contributed by atoms with E-state index < -0.39 is 6.10 Å². The minimum Gasteiger partial charge on any atom is -0.474 e. The molecule has 134 valence electrons. The van der Waals surface area contributed by atoms with Crippen molar-refractivity contribution in [2.45, 2.75) is 43.9 Å². The highest BCUT2D eigenvalue weighted by atomic mass is 16.5. The third-order valence-corrected chi connectivity index (χ3v) is 4.54. The molecule has 1 atom stereocenters. The van der Waals surface area contributed by atoms with Crippen molar-refractivity contribution in [3.8, 4) is 11.9 Å².